The lowest BCUT2D eigenvalue weighted by Gasteiger charge is -2.35. The molecular formula is C36H45F2N5O8S. The smallest absolute Gasteiger partial charge is 0.408 e. The van der Waals surface area contributed by atoms with E-state index >= 15 is 0 Å². The van der Waals surface area contributed by atoms with Crippen molar-refractivity contribution >= 4 is 50.8 Å². The van der Waals surface area contributed by atoms with Gasteiger partial charge in [-0.25, -0.2) is 22.0 Å². The second-order valence-corrected chi connectivity index (χ2v) is 17.3. The Labute approximate surface area is 301 Å². The monoisotopic (exact) mass is 745 g/mol. The number of hydrogen-bond acceptors (Lipinski definition) is 9. The summed E-state index contributed by atoms with van der Waals surface area (Å²) in [7, 11) is -4.11. The highest BCUT2D eigenvalue weighted by molar-refractivity contribution is 7.91. The Kier molecular flexibility index (Phi) is 10.5. The maximum absolute atomic E-state index is 14.3. The van der Waals surface area contributed by atoms with Crippen molar-refractivity contribution in [3.05, 3.63) is 48.0 Å². The molecule has 5 atom stereocenters. The van der Waals surface area contributed by atoms with Crippen LogP contribution in [0.25, 0.3) is 10.8 Å². The van der Waals surface area contributed by atoms with Crippen LogP contribution in [0.4, 0.5) is 13.6 Å². The van der Waals surface area contributed by atoms with Crippen LogP contribution in [0.5, 0.6) is 0 Å². The molecule has 282 valence electrons. The van der Waals surface area contributed by atoms with Gasteiger partial charge in [0, 0.05) is 6.42 Å². The second-order valence-electron chi connectivity index (χ2n) is 15.3. The average Bonchev–Trinajstić information content (AvgIpc) is 3.97. The lowest BCUT2D eigenvalue weighted by Crippen LogP contribution is -2.60. The fourth-order valence-electron chi connectivity index (χ4n) is 6.99. The number of fused-ring (bicyclic) bond motifs is 1. The first-order valence-corrected chi connectivity index (χ1v) is 19.2. The fourth-order valence-corrected chi connectivity index (χ4v) is 8.36. The third-order valence-electron chi connectivity index (χ3n) is 10.3. The molecule has 3 N–H and O–H groups in total. The molecular weight excluding hydrogens is 700 g/mol. The molecule has 4 aliphatic rings. The Balaban J connectivity index is 1.22. The van der Waals surface area contributed by atoms with Crippen molar-refractivity contribution in [1.29, 1.82) is 0 Å². The summed E-state index contributed by atoms with van der Waals surface area (Å²) in [5.41, 5.74) is -2.32. The van der Waals surface area contributed by atoms with E-state index in [1.165, 1.54) is 11.1 Å². The number of benzene rings is 2. The van der Waals surface area contributed by atoms with Crippen LogP contribution in [0.2, 0.25) is 0 Å². The van der Waals surface area contributed by atoms with Gasteiger partial charge in [-0.1, -0.05) is 62.3 Å². The Morgan fingerprint density at radius 2 is 1.69 bits per heavy atom. The van der Waals surface area contributed by atoms with Gasteiger partial charge >= 0.3 is 6.09 Å². The summed E-state index contributed by atoms with van der Waals surface area (Å²) in [5, 5.41) is 10.4. The molecule has 1 aliphatic heterocycles. The van der Waals surface area contributed by atoms with Crippen LogP contribution in [0.3, 0.4) is 0 Å². The highest BCUT2D eigenvalue weighted by atomic mass is 32.2. The summed E-state index contributed by atoms with van der Waals surface area (Å²) in [5.74, 6) is -4.48. The molecule has 4 amide bonds. The summed E-state index contributed by atoms with van der Waals surface area (Å²) >= 11 is 0. The number of halogens is 2. The standard InChI is InChI=1S/C36H45F2N5O8S/c1-35(2,3)29(40-34(47)50-24-10-6-7-11-24)32(45)43-20-25(51-39-19-21-12-13-22-8-4-5-9-23(22)16-21)17-28(43)31(44)41-36(18-27(36)30(37)38)33(46)42-52(48,49)26-14-15-26/h4-5,8-9,12-13,16,19,24-30H,6-7,10-11,14-15,17-18,20H2,1-3H3,(H,40,47)(H,41,44)(H,42,46)/b39-19+/t25-,27+,28+,29-,36+/m1/s1. The van der Waals surface area contributed by atoms with Crippen LogP contribution in [0.1, 0.15) is 77.7 Å². The van der Waals surface area contributed by atoms with Gasteiger partial charge in [-0.15, -0.1) is 0 Å². The molecule has 6 rings (SSSR count). The van der Waals surface area contributed by atoms with Gasteiger partial charge < -0.3 is 25.1 Å². The van der Waals surface area contributed by atoms with Crippen molar-refractivity contribution in [2.45, 2.75) is 114 Å². The molecule has 0 aromatic heterocycles. The van der Waals surface area contributed by atoms with E-state index in [1.54, 1.807) is 20.8 Å². The van der Waals surface area contributed by atoms with Crippen LogP contribution in [0, 0.1) is 11.3 Å². The minimum absolute atomic E-state index is 0.132. The zero-order valence-electron chi connectivity index (χ0n) is 29.3. The molecule has 4 fully saturated rings. The van der Waals surface area contributed by atoms with Gasteiger partial charge in [0.25, 0.3) is 5.91 Å². The average molecular weight is 746 g/mol. The van der Waals surface area contributed by atoms with Gasteiger partial charge in [-0.3, -0.25) is 19.1 Å². The number of amides is 4. The number of alkyl halides is 2. The van der Waals surface area contributed by atoms with Gasteiger partial charge in [0.1, 0.15) is 29.8 Å². The van der Waals surface area contributed by atoms with E-state index in [0.29, 0.717) is 25.7 Å². The van der Waals surface area contributed by atoms with Gasteiger partial charge in [0.2, 0.25) is 28.3 Å². The number of nitrogens with zero attached hydrogens (tertiary/aromatic N) is 2. The minimum Gasteiger partial charge on any atom is -0.446 e. The number of ether oxygens (including phenoxy) is 1. The zero-order valence-corrected chi connectivity index (χ0v) is 30.2. The molecule has 0 bridgehead atoms. The van der Waals surface area contributed by atoms with E-state index in [-0.39, 0.29) is 19.1 Å². The van der Waals surface area contributed by atoms with Gasteiger partial charge in [-0.05, 0) is 72.8 Å². The molecule has 3 aliphatic carbocycles. The molecule has 2 aromatic rings. The lowest BCUT2D eigenvalue weighted by atomic mass is 9.85. The van der Waals surface area contributed by atoms with Crippen molar-refractivity contribution in [3.8, 4) is 0 Å². The van der Waals surface area contributed by atoms with Gasteiger partial charge in [0.05, 0.1) is 23.9 Å². The van der Waals surface area contributed by atoms with Crippen LogP contribution in [-0.4, -0.2) is 91.4 Å². The SMILES string of the molecule is CC(C)(C)[C@H](NC(=O)OC1CCCC1)C(=O)N1C[C@H](O/N=C/c2ccc3ccccc3c2)C[C@H]1C(=O)N[C@@]1(C(=O)NS(=O)(=O)C2CC2)C[C@H]1C(F)F. The largest absolute Gasteiger partial charge is 0.446 e. The zero-order chi connectivity index (χ0) is 37.4. The lowest BCUT2D eigenvalue weighted by molar-refractivity contribution is -0.143. The Morgan fingerprint density at radius 1 is 1.00 bits per heavy atom. The summed E-state index contributed by atoms with van der Waals surface area (Å²) < 4.78 is 60.6. The molecule has 3 saturated carbocycles. The predicted octanol–water partition coefficient (Wildman–Crippen LogP) is 3.99. The number of oxime groups is 1. The summed E-state index contributed by atoms with van der Waals surface area (Å²) in [6, 6.07) is 10.9. The number of alkyl carbamates (subject to hydrolysis) is 1. The number of carbonyl (C=O) groups is 4. The van der Waals surface area contributed by atoms with Crippen LogP contribution >= 0.6 is 0 Å². The van der Waals surface area contributed by atoms with Gasteiger partial charge in [-0.2, -0.15) is 0 Å². The summed E-state index contributed by atoms with van der Waals surface area (Å²) in [6.07, 6.45) is -0.109. The Hall–Kier alpha value is -4.34. The summed E-state index contributed by atoms with van der Waals surface area (Å²) in [4.78, 5) is 61.5. The normalized spacial score (nSPS) is 25.7. The van der Waals surface area contributed by atoms with Crippen LogP contribution in [-0.2, 0) is 34.0 Å². The first-order chi connectivity index (χ1) is 24.6. The number of nitrogens with one attached hydrogen (secondary N) is 3. The number of carbonyl (C=O) groups excluding carboxylic acids is 4. The highest BCUT2D eigenvalue weighted by Crippen LogP contribution is 2.48. The highest BCUT2D eigenvalue weighted by Gasteiger charge is 2.66. The number of likely N-dealkylation sites (tertiary alicyclic amines) is 1. The number of sulfonamides is 1. The number of rotatable bonds is 12. The van der Waals surface area contributed by atoms with E-state index in [2.05, 4.69) is 15.8 Å². The quantitative estimate of drug-likeness (QED) is 0.216. The maximum atomic E-state index is 14.3. The third kappa shape index (κ3) is 8.31. The molecule has 0 radical (unpaired) electrons. The Morgan fingerprint density at radius 3 is 2.33 bits per heavy atom. The van der Waals surface area contributed by atoms with Crippen molar-refractivity contribution < 1.29 is 46.0 Å². The maximum Gasteiger partial charge on any atom is 0.408 e. The van der Waals surface area contributed by atoms with Crippen LogP contribution in [0.15, 0.2) is 47.6 Å². The van der Waals surface area contributed by atoms with Crippen molar-refractivity contribution in [2.24, 2.45) is 16.5 Å². The topological polar surface area (TPSA) is 173 Å². The van der Waals surface area contributed by atoms with E-state index in [0.717, 1.165) is 29.2 Å². The Bertz CT molecular complexity index is 1840. The van der Waals surface area contributed by atoms with E-state index in [1.807, 2.05) is 47.2 Å². The summed E-state index contributed by atoms with van der Waals surface area (Å²) in [6.45, 7) is 5.03. The third-order valence-corrected chi connectivity index (χ3v) is 12.1. The van der Waals surface area contributed by atoms with Gasteiger partial charge in [0.15, 0.2) is 0 Å². The number of hydrogen-bond donors (Lipinski definition) is 3. The van der Waals surface area contributed by atoms with E-state index < -0.39 is 87.0 Å². The molecule has 2 aromatic carbocycles. The fraction of sp³-hybridized carbons (Fsp3) is 0.583. The van der Waals surface area contributed by atoms with Crippen molar-refractivity contribution in [3.63, 3.8) is 0 Å². The first kappa shape index (κ1) is 37.4. The molecule has 1 saturated heterocycles. The first-order valence-electron chi connectivity index (χ1n) is 17.7. The van der Waals surface area contributed by atoms with Crippen molar-refractivity contribution in [2.75, 3.05) is 6.54 Å². The van der Waals surface area contributed by atoms with Crippen molar-refractivity contribution in [1.82, 2.24) is 20.3 Å². The minimum atomic E-state index is -4.11. The van der Waals surface area contributed by atoms with Crippen LogP contribution < -0.4 is 15.4 Å². The molecule has 1 heterocycles. The molecule has 13 nitrogen and oxygen atoms in total. The molecule has 0 spiro atoms. The van der Waals surface area contributed by atoms with E-state index in [9.17, 15) is 36.4 Å². The second kappa shape index (κ2) is 14.6. The predicted molar refractivity (Wildman–Crippen MR) is 187 cm³/mol. The molecule has 0 unspecified atom stereocenters. The molecule has 52 heavy (non-hydrogen) atoms. The molecule has 16 heteroatoms. The van der Waals surface area contributed by atoms with E-state index in [4.69, 9.17) is 9.57 Å².